The van der Waals surface area contributed by atoms with E-state index >= 15 is 0 Å². The third-order valence-electron chi connectivity index (χ3n) is 3.03. The standard InChI is InChI=1S/C14H12BrClFN3O/c15-10-3-11(16)12(17)4-13(10)21-14-19-6-8(7-20-14)5-18-9-1-2-9/h3-4,6-7,9,18H,1-2,5H2. The first kappa shape index (κ1) is 14.7. The minimum absolute atomic E-state index is 0.0247. The van der Waals surface area contributed by atoms with Gasteiger partial charge in [0.2, 0.25) is 0 Å². The number of rotatable bonds is 5. The van der Waals surface area contributed by atoms with Gasteiger partial charge in [0.05, 0.1) is 9.50 Å². The van der Waals surface area contributed by atoms with E-state index < -0.39 is 5.82 Å². The van der Waals surface area contributed by atoms with Crippen molar-refractivity contribution in [2.24, 2.45) is 0 Å². The van der Waals surface area contributed by atoms with Crippen molar-refractivity contribution in [1.29, 1.82) is 0 Å². The quantitative estimate of drug-likeness (QED) is 0.804. The van der Waals surface area contributed by atoms with Crippen molar-refractivity contribution >= 4 is 27.5 Å². The van der Waals surface area contributed by atoms with Crippen molar-refractivity contribution < 1.29 is 9.13 Å². The van der Waals surface area contributed by atoms with Crippen LogP contribution in [0, 0.1) is 5.82 Å². The van der Waals surface area contributed by atoms with Gasteiger partial charge in [-0.25, -0.2) is 14.4 Å². The second-order valence-corrected chi connectivity index (χ2v) is 6.09. The lowest BCUT2D eigenvalue weighted by Gasteiger charge is -2.08. The third kappa shape index (κ3) is 3.90. The maximum atomic E-state index is 13.4. The van der Waals surface area contributed by atoms with E-state index in [4.69, 9.17) is 16.3 Å². The van der Waals surface area contributed by atoms with Crippen LogP contribution in [0.2, 0.25) is 5.02 Å². The zero-order chi connectivity index (χ0) is 14.8. The molecule has 1 N–H and O–H groups in total. The summed E-state index contributed by atoms with van der Waals surface area (Å²) in [5.41, 5.74) is 0.982. The molecule has 0 unspecified atom stereocenters. The lowest BCUT2D eigenvalue weighted by Crippen LogP contribution is -2.15. The van der Waals surface area contributed by atoms with E-state index in [1.807, 2.05) is 0 Å². The largest absolute Gasteiger partial charge is 0.423 e. The minimum atomic E-state index is -0.555. The summed E-state index contributed by atoms with van der Waals surface area (Å²) in [7, 11) is 0. The number of halogens is 3. The normalized spacial score (nSPS) is 14.2. The Hall–Kier alpha value is -1.24. The molecule has 0 atom stereocenters. The Labute approximate surface area is 134 Å². The first-order chi connectivity index (χ1) is 10.1. The van der Waals surface area contributed by atoms with E-state index in [1.54, 1.807) is 12.4 Å². The summed E-state index contributed by atoms with van der Waals surface area (Å²) in [6, 6.07) is 3.42. The second kappa shape index (κ2) is 6.25. The zero-order valence-electron chi connectivity index (χ0n) is 10.9. The van der Waals surface area contributed by atoms with Gasteiger partial charge in [-0.05, 0) is 34.8 Å². The number of nitrogens with one attached hydrogen (secondary N) is 1. The van der Waals surface area contributed by atoms with Crippen LogP contribution in [0.3, 0.4) is 0 Å². The Morgan fingerprint density at radius 2 is 2.05 bits per heavy atom. The number of hydrogen-bond donors (Lipinski definition) is 1. The lowest BCUT2D eigenvalue weighted by molar-refractivity contribution is 0.434. The summed E-state index contributed by atoms with van der Waals surface area (Å²) >= 11 is 8.94. The van der Waals surface area contributed by atoms with Crippen molar-refractivity contribution in [2.75, 3.05) is 0 Å². The fourth-order valence-electron chi connectivity index (χ4n) is 1.72. The van der Waals surface area contributed by atoms with E-state index in [0.717, 1.165) is 12.1 Å². The van der Waals surface area contributed by atoms with Gasteiger partial charge in [0.1, 0.15) is 11.6 Å². The van der Waals surface area contributed by atoms with Gasteiger partial charge >= 0.3 is 6.01 Å². The Morgan fingerprint density at radius 1 is 1.33 bits per heavy atom. The molecule has 1 saturated carbocycles. The van der Waals surface area contributed by atoms with E-state index in [1.165, 1.54) is 25.0 Å². The van der Waals surface area contributed by atoms with Crippen LogP contribution in [0.25, 0.3) is 0 Å². The highest BCUT2D eigenvalue weighted by Gasteiger charge is 2.20. The predicted octanol–water partition coefficient (Wildman–Crippen LogP) is 4.08. The van der Waals surface area contributed by atoms with E-state index in [0.29, 0.717) is 10.5 Å². The Kier molecular flexibility index (Phi) is 4.37. The number of hydrogen-bond acceptors (Lipinski definition) is 4. The van der Waals surface area contributed by atoms with Gasteiger partial charge in [0.15, 0.2) is 0 Å². The third-order valence-corrected chi connectivity index (χ3v) is 3.94. The monoisotopic (exact) mass is 371 g/mol. The molecule has 1 aliphatic rings. The van der Waals surface area contributed by atoms with Crippen LogP contribution < -0.4 is 10.1 Å². The molecule has 0 radical (unpaired) electrons. The van der Waals surface area contributed by atoms with E-state index in [2.05, 4.69) is 31.2 Å². The molecule has 1 heterocycles. The number of benzene rings is 1. The molecule has 3 rings (SSSR count). The molecule has 110 valence electrons. The van der Waals surface area contributed by atoms with E-state index in [-0.39, 0.29) is 16.8 Å². The average Bonchev–Trinajstić information content (AvgIpc) is 3.28. The predicted molar refractivity (Wildman–Crippen MR) is 81.1 cm³/mol. The van der Waals surface area contributed by atoms with Gasteiger partial charge in [-0.2, -0.15) is 0 Å². The number of nitrogens with zero attached hydrogens (tertiary/aromatic N) is 2. The zero-order valence-corrected chi connectivity index (χ0v) is 13.3. The maximum absolute atomic E-state index is 13.4. The Morgan fingerprint density at radius 3 is 2.71 bits per heavy atom. The second-order valence-electron chi connectivity index (χ2n) is 4.83. The van der Waals surface area contributed by atoms with Gasteiger partial charge in [0, 0.05) is 36.6 Å². The van der Waals surface area contributed by atoms with Crippen molar-refractivity contribution in [1.82, 2.24) is 15.3 Å². The lowest BCUT2D eigenvalue weighted by atomic mass is 10.3. The van der Waals surface area contributed by atoms with Gasteiger partial charge in [-0.15, -0.1) is 0 Å². The highest BCUT2D eigenvalue weighted by Crippen LogP contribution is 2.32. The molecule has 0 saturated heterocycles. The molecule has 1 aromatic carbocycles. The summed E-state index contributed by atoms with van der Waals surface area (Å²) in [5.74, 6) is -0.277. The van der Waals surface area contributed by atoms with Crippen molar-refractivity contribution in [3.05, 3.63) is 45.4 Å². The van der Waals surface area contributed by atoms with Gasteiger partial charge in [0.25, 0.3) is 0 Å². The van der Waals surface area contributed by atoms with Crippen LogP contribution in [0.1, 0.15) is 18.4 Å². The van der Waals surface area contributed by atoms with Crippen molar-refractivity contribution in [3.8, 4) is 11.8 Å². The van der Waals surface area contributed by atoms with Gasteiger partial charge < -0.3 is 10.1 Å². The molecule has 7 heteroatoms. The molecular weight excluding hydrogens is 361 g/mol. The summed E-state index contributed by atoms with van der Waals surface area (Å²) in [5, 5.41) is 3.40. The van der Waals surface area contributed by atoms with Crippen LogP contribution in [-0.4, -0.2) is 16.0 Å². The molecule has 4 nitrogen and oxygen atoms in total. The molecule has 0 bridgehead atoms. The Bertz CT molecular complexity index is 649. The summed E-state index contributed by atoms with van der Waals surface area (Å²) < 4.78 is 19.4. The minimum Gasteiger partial charge on any atom is -0.423 e. The van der Waals surface area contributed by atoms with Crippen molar-refractivity contribution in [2.45, 2.75) is 25.4 Å². The van der Waals surface area contributed by atoms with Crippen LogP contribution in [0.5, 0.6) is 11.8 Å². The van der Waals surface area contributed by atoms with Crippen molar-refractivity contribution in [3.63, 3.8) is 0 Å². The van der Waals surface area contributed by atoms with Crippen LogP contribution in [0.15, 0.2) is 29.0 Å². The van der Waals surface area contributed by atoms with Gasteiger partial charge in [-0.3, -0.25) is 0 Å². The molecule has 0 aliphatic heterocycles. The maximum Gasteiger partial charge on any atom is 0.321 e. The molecular formula is C14H12BrClFN3O. The summed E-state index contributed by atoms with van der Waals surface area (Å²) in [4.78, 5) is 8.23. The smallest absolute Gasteiger partial charge is 0.321 e. The molecule has 21 heavy (non-hydrogen) atoms. The molecule has 0 spiro atoms. The van der Waals surface area contributed by atoms with Crippen LogP contribution in [0.4, 0.5) is 4.39 Å². The first-order valence-electron chi connectivity index (χ1n) is 6.48. The SMILES string of the molecule is Fc1cc(Oc2ncc(CNC3CC3)cn2)c(Br)cc1Cl. The highest BCUT2D eigenvalue weighted by atomic mass is 79.9. The van der Waals surface area contributed by atoms with Crippen LogP contribution >= 0.6 is 27.5 Å². The Balaban J connectivity index is 1.68. The highest BCUT2D eigenvalue weighted by molar-refractivity contribution is 9.10. The fourth-order valence-corrected chi connectivity index (χ4v) is 2.44. The topological polar surface area (TPSA) is 47.0 Å². The summed E-state index contributed by atoms with van der Waals surface area (Å²) in [6.07, 6.45) is 5.85. The summed E-state index contributed by atoms with van der Waals surface area (Å²) in [6.45, 7) is 0.740. The molecule has 2 aromatic rings. The number of aromatic nitrogens is 2. The molecule has 0 amide bonds. The number of ether oxygens (including phenoxy) is 1. The molecule has 1 aromatic heterocycles. The van der Waals surface area contributed by atoms with Crippen LogP contribution in [-0.2, 0) is 6.54 Å². The molecule has 1 fully saturated rings. The molecule has 1 aliphatic carbocycles. The fraction of sp³-hybridized carbons (Fsp3) is 0.286. The first-order valence-corrected chi connectivity index (χ1v) is 7.65. The van der Waals surface area contributed by atoms with E-state index in [9.17, 15) is 4.39 Å². The van der Waals surface area contributed by atoms with Gasteiger partial charge in [-0.1, -0.05) is 11.6 Å². The average molecular weight is 373 g/mol.